The lowest BCUT2D eigenvalue weighted by Gasteiger charge is -2.13. The van der Waals surface area contributed by atoms with Crippen molar-refractivity contribution >= 4 is 0 Å². The molecule has 2 heterocycles. The van der Waals surface area contributed by atoms with Gasteiger partial charge < -0.3 is 28.1 Å². The van der Waals surface area contributed by atoms with Crippen LogP contribution in [0.25, 0.3) is 22.6 Å². The Balaban J connectivity index is 1.88. The monoisotopic (exact) mass is 371 g/mol. The van der Waals surface area contributed by atoms with Crippen LogP contribution < -0.4 is 29.4 Å². The molecular weight excluding hydrogens is 354 g/mol. The highest BCUT2D eigenvalue weighted by molar-refractivity contribution is 5.80. The highest BCUT2D eigenvalue weighted by atomic mass is 16.7. The van der Waals surface area contributed by atoms with Crippen molar-refractivity contribution in [2.24, 2.45) is 0 Å². The molecule has 1 aliphatic rings. The quantitative estimate of drug-likeness (QED) is 0.737. The summed E-state index contributed by atoms with van der Waals surface area (Å²) in [7, 11) is 4.56. The largest absolute Gasteiger partial charge is 0.493 e. The molecule has 1 N–H and O–H groups in total. The van der Waals surface area contributed by atoms with Crippen LogP contribution in [-0.2, 0) is 0 Å². The second-order valence-electron chi connectivity index (χ2n) is 5.70. The van der Waals surface area contributed by atoms with E-state index in [-0.39, 0.29) is 6.79 Å². The SMILES string of the molecule is COc1cc(-c2oc(=O)[nH]c2-c2ccc3c(c2)OCO3)cc(OC)c1OC. The lowest BCUT2D eigenvalue weighted by atomic mass is 10.0. The summed E-state index contributed by atoms with van der Waals surface area (Å²) in [5, 5.41) is 0. The van der Waals surface area contributed by atoms with Gasteiger partial charge in [0, 0.05) is 11.1 Å². The van der Waals surface area contributed by atoms with E-state index in [1.54, 1.807) is 24.3 Å². The van der Waals surface area contributed by atoms with Crippen LogP contribution in [0, 0.1) is 0 Å². The molecule has 2 aromatic carbocycles. The molecule has 0 saturated heterocycles. The number of aromatic nitrogens is 1. The van der Waals surface area contributed by atoms with Crippen molar-refractivity contribution in [1.82, 2.24) is 4.98 Å². The minimum Gasteiger partial charge on any atom is -0.493 e. The van der Waals surface area contributed by atoms with E-state index in [9.17, 15) is 4.79 Å². The van der Waals surface area contributed by atoms with Crippen LogP contribution in [0.5, 0.6) is 28.7 Å². The van der Waals surface area contributed by atoms with E-state index >= 15 is 0 Å². The summed E-state index contributed by atoms with van der Waals surface area (Å²) in [6, 6.07) is 8.80. The average molecular weight is 371 g/mol. The molecule has 0 bridgehead atoms. The fourth-order valence-electron chi connectivity index (χ4n) is 3.00. The first kappa shape index (κ1) is 16.9. The number of aromatic amines is 1. The van der Waals surface area contributed by atoms with Gasteiger partial charge in [-0.1, -0.05) is 0 Å². The second-order valence-corrected chi connectivity index (χ2v) is 5.70. The van der Waals surface area contributed by atoms with Crippen molar-refractivity contribution in [3.05, 3.63) is 40.9 Å². The lowest BCUT2D eigenvalue weighted by Crippen LogP contribution is -1.96. The topological polar surface area (TPSA) is 92.2 Å². The van der Waals surface area contributed by atoms with E-state index in [0.717, 1.165) is 0 Å². The first-order valence-electron chi connectivity index (χ1n) is 8.08. The minimum absolute atomic E-state index is 0.167. The molecular formula is C19H17NO7. The predicted octanol–water partition coefficient (Wildman–Crippen LogP) is 3.06. The molecule has 0 unspecified atom stereocenters. The number of ether oxygens (including phenoxy) is 5. The van der Waals surface area contributed by atoms with Crippen molar-refractivity contribution in [2.45, 2.75) is 0 Å². The van der Waals surface area contributed by atoms with Crippen LogP contribution in [0.4, 0.5) is 0 Å². The normalized spacial score (nSPS) is 12.1. The highest BCUT2D eigenvalue weighted by Crippen LogP contribution is 2.43. The van der Waals surface area contributed by atoms with Gasteiger partial charge >= 0.3 is 5.76 Å². The number of oxazole rings is 1. The third-order valence-electron chi connectivity index (χ3n) is 4.24. The maximum absolute atomic E-state index is 12.0. The Labute approximate surface area is 154 Å². The van der Waals surface area contributed by atoms with Crippen molar-refractivity contribution in [2.75, 3.05) is 28.1 Å². The Morgan fingerprint density at radius 3 is 2.26 bits per heavy atom. The molecule has 0 saturated carbocycles. The number of nitrogens with one attached hydrogen (secondary N) is 1. The number of fused-ring (bicyclic) bond motifs is 1. The minimum atomic E-state index is -0.577. The molecule has 1 aromatic heterocycles. The average Bonchev–Trinajstić information content (AvgIpc) is 3.32. The Morgan fingerprint density at radius 1 is 0.889 bits per heavy atom. The van der Waals surface area contributed by atoms with Gasteiger partial charge in [0.25, 0.3) is 0 Å². The lowest BCUT2D eigenvalue weighted by molar-refractivity contribution is 0.174. The summed E-state index contributed by atoms with van der Waals surface area (Å²) < 4.78 is 32.3. The van der Waals surface area contributed by atoms with Gasteiger partial charge in [-0.15, -0.1) is 0 Å². The summed E-state index contributed by atoms with van der Waals surface area (Å²) in [6.07, 6.45) is 0. The molecule has 0 atom stereocenters. The summed E-state index contributed by atoms with van der Waals surface area (Å²) >= 11 is 0. The third-order valence-corrected chi connectivity index (χ3v) is 4.24. The van der Waals surface area contributed by atoms with Crippen LogP contribution in [0.1, 0.15) is 0 Å². The Hall–Kier alpha value is -3.55. The molecule has 8 heteroatoms. The van der Waals surface area contributed by atoms with Gasteiger partial charge in [0.05, 0.1) is 27.0 Å². The van der Waals surface area contributed by atoms with Crippen LogP contribution in [0.15, 0.2) is 39.5 Å². The Bertz CT molecular complexity index is 1030. The molecule has 0 fully saturated rings. The van der Waals surface area contributed by atoms with Crippen LogP contribution >= 0.6 is 0 Å². The first-order valence-corrected chi connectivity index (χ1v) is 8.08. The van der Waals surface area contributed by atoms with E-state index in [0.29, 0.717) is 51.3 Å². The van der Waals surface area contributed by atoms with Crippen LogP contribution in [0.3, 0.4) is 0 Å². The number of hydrogen-bond donors (Lipinski definition) is 1. The van der Waals surface area contributed by atoms with Gasteiger partial charge in [0.1, 0.15) is 0 Å². The summed E-state index contributed by atoms with van der Waals surface area (Å²) in [5.74, 6) is 2.37. The van der Waals surface area contributed by atoms with E-state index < -0.39 is 5.76 Å². The zero-order chi connectivity index (χ0) is 19.0. The summed E-state index contributed by atoms with van der Waals surface area (Å²) in [5.41, 5.74) is 1.82. The van der Waals surface area contributed by atoms with Gasteiger partial charge in [0.15, 0.2) is 28.8 Å². The molecule has 27 heavy (non-hydrogen) atoms. The number of methoxy groups -OCH3 is 3. The van der Waals surface area contributed by atoms with Gasteiger partial charge in [0.2, 0.25) is 12.5 Å². The molecule has 0 spiro atoms. The standard InChI is InChI=1S/C19H17NO7/c1-22-14-7-11(8-15(23-2)18(14)24-3)17-16(20-19(21)27-17)10-4-5-12-13(6-10)26-9-25-12/h4-8H,9H2,1-3H3,(H,20,21). The predicted molar refractivity (Wildman–Crippen MR) is 96.0 cm³/mol. The van der Waals surface area contributed by atoms with Crippen molar-refractivity contribution < 1.29 is 28.1 Å². The number of H-pyrrole nitrogens is 1. The molecule has 0 radical (unpaired) electrons. The van der Waals surface area contributed by atoms with Crippen LogP contribution in [0.2, 0.25) is 0 Å². The van der Waals surface area contributed by atoms with E-state index in [4.69, 9.17) is 28.1 Å². The number of rotatable bonds is 5. The van der Waals surface area contributed by atoms with Gasteiger partial charge in [-0.3, -0.25) is 4.98 Å². The van der Waals surface area contributed by atoms with E-state index in [1.165, 1.54) is 21.3 Å². The molecule has 4 rings (SSSR count). The smallest absolute Gasteiger partial charge is 0.417 e. The fraction of sp³-hybridized carbons (Fsp3) is 0.211. The van der Waals surface area contributed by atoms with Crippen LogP contribution in [-0.4, -0.2) is 33.1 Å². The summed E-state index contributed by atoms with van der Waals surface area (Å²) in [4.78, 5) is 14.7. The summed E-state index contributed by atoms with van der Waals surface area (Å²) in [6.45, 7) is 0.167. The molecule has 0 amide bonds. The van der Waals surface area contributed by atoms with Crippen molar-refractivity contribution in [1.29, 1.82) is 0 Å². The first-order chi connectivity index (χ1) is 13.1. The van der Waals surface area contributed by atoms with Gasteiger partial charge in [-0.25, -0.2) is 4.79 Å². The number of benzene rings is 2. The molecule has 8 nitrogen and oxygen atoms in total. The maximum Gasteiger partial charge on any atom is 0.417 e. The second kappa shape index (κ2) is 6.64. The zero-order valence-corrected chi connectivity index (χ0v) is 15.0. The van der Waals surface area contributed by atoms with E-state index in [2.05, 4.69) is 4.98 Å². The van der Waals surface area contributed by atoms with Crippen molar-refractivity contribution in [3.63, 3.8) is 0 Å². The third kappa shape index (κ3) is 2.84. The molecule has 3 aromatic rings. The molecule has 140 valence electrons. The maximum atomic E-state index is 12.0. The Kier molecular flexibility index (Phi) is 4.15. The van der Waals surface area contributed by atoms with Gasteiger partial charge in [-0.05, 0) is 30.3 Å². The van der Waals surface area contributed by atoms with Crippen molar-refractivity contribution in [3.8, 4) is 51.3 Å². The molecule has 1 aliphatic heterocycles. The Morgan fingerprint density at radius 2 is 1.59 bits per heavy atom. The molecule has 0 aliphatic carbocycles. The highest BCUT2D eigenvalue weighted by Gasteiger charge is 2.22. The van der Waals surface area contributed by atoms with Gasteiger partial charge in [-0.2, -0.15) is 0 Å². The van der Waals surface area contributed by atoms with E-state index in [1.807, 2.05) is 6.07 Å². The number of hydrogen-bond acceptors (Lipinski definition) is 7. The fourth-order valence-corrected chi connectivity index (χ4v) is 3.00. The zero-order valence-electron chi connectivity index (χ0n) is 15.0.